The van der Waals surface area contributed by atoms with E-state index < -0.39 is 5.91 Å². The molecular formula is C16H17NO2S. The highest BCUT2D eigenvalue weighted by molar-refractivity contribution is 7.12. The molecule has 0 unspecified atom stereocenters. The Morgan fingerprint density at radius 1 is 1.25 bits per heavy atom. The van der Waals surface area contributed by atoms with Crippen molar-refractivity contribution in [1.82, 2.24) is 0 Å². The second-order valence-corrected chi connectivity index (χ2v) is 5.72. The predicted octanol–water partition coefficient (Wildman–Crippen LogP) is 3.72. The molecule has 0 radical (unpaired) electrons. The Balaban J connectivity index is 2.76. The fourth-order valence-corrected chi connectivity index (χ4v) is 3.19. The van der Waals surface area contributed by atoms with Gasteiger partial charge in [0.05, 0.1) is 4.88 Å². The van der Waals surface area contributed by atoms with Crippen molar-refractivity contribution >= 4 is 23.0 Å². The third-order valence-electron chi connectivity index (χ3n) is 3.26. The minimum atomic E-state index is -0.454. The number of primary amides is 1. The Bertz CT molecular complexity index is 686. The second kappa shape index (κ2) is 5.59. The van der Waals surface area contributed by atoms with Crippen LogP contribution in [0, 0.1) is 13.8 Å². The van der Waals surface area contributed by atoms with Crippen LogP contribution in [0.5, 0.6) is 0 Å². The average molecular weight is 287 g/mol. The lowest BCUT2D eigenvalue weighted by Crippen LogP contribution is -2.11. The van der Waals surface area contributed by atoms with E-state index in [4.69, 9.17) is 5.73 Å². The number of nitrogens with two attached hydrogens (primary N) is 1. The predicted molar refractivity (Wildman–Crippen MR) is 82.4 cm³/mol. The van der Waals surface area contributed by atoms with E-state index in [1.54, 1.807) is 0 Å². The molecule has 0 fully saturated rings. The van der Waals surface area contributed by atoms with Gasteiger partial charge in [-0.25, -0.2) is 0 Å². The van der Waals surface area contributed by atoms with Gasteiger partial charge in [0, 0.05) is 17.5 Å². The van der Waals surface area contributed by atoms with Crippen LogP contribution in [-0.4, -0.2) is 11.7 Å². The van der Waals surface area contributed by atoms with Crippen LogP contribution in [0.25, 0.3) is 11.1 Å². The quantitative estimate of drug-likeness (QED) is 0.871. The van der Waals surface area contributed by atoms with E-state index >= 15 is 0 Å². The van der Waals surface area contributed by atoms with Gasteiger partial charge in [-0.15, -0.1) is 11.3 Å². The molecule has 3 nitrogen and oxygen atoms in total. The van der Waals surface area contributed by atoms with Crippen LogP contribution in [-0.2, 0) is 0 Å². The van der Waals surface area contributed by atoms with Gasteiger partial charge in [0.15, 0.2) is 5.78 Å². The summed E-state index contributed by atoms with van der Waals surface area (Å²) in [4.78, 5) is 24.2. The van der Waals surface area contributed by atoms with Crippen molar-refractivity contribution in [2.45, 2.75) is 27.2 Å². The SMILES string of the molecule is CCC(=O)c1cc(C)cc(C)c1-c1ccsc1C(N)=O. The van der Waals surface area contributed by atoms with Crippen molar-refractivity contribution in [3.8, 4) is 11.1 Å². The maximum absolute atomic E-state index is 12.2. The van der Waals surface area contributed by atoms with Crippen LogP contribution in [0.2, 0.25) is 0 Å². The number of amides is 1. The molecule has 0 bridgehead atoms. The van der Waals surface area contributed by atoms with Gasteiger partial charge in [0.25, 0.3) is 5.91 Å². The molecule has 2 rings (SSSR count). The maximum Gasteiger partial charge on any atom is 0.259 e. The number of hydrogen-bond donors (Lipinski definition) is 1. The fraction of sp³-hybridized carbons (Fsp3) is 0.250. The third-order valence-corrected chi connectivity index (χ3v) is 4.19. The molecule has 0 aliphatic heterocycles. The summed E-state index contributed by atoms with van der Waals surface area (Å²) in [5.74, 6) is -0.377. The van der Waals surface area contributed by atoms with Gasteiger partial charge in [0.2, 0.25) is 0 Å². The molecule has 2 N–H and O–H groups in total. The Morgan fingerprint density at radius 2 is 1.95 bits per heavy atom. The van der Waals surface area contributed by atoms with Crippen LogP contribution in [0.4, 0.5) is 0 Å². The normalized spacial score (nSPS) is 10.6. The molecule has 104 valence electrons. The first-order valence-electron chi connectivity index (χ1n) is 6.47. The molecule has 0 aliphatic rings. The zero-order chi connectivity index (χ0) is 14.9. The van der Waals surface area contributed by atoms with Crippen LogP contribution in [0.15, 0.2) is 23.6 Å². The molecule has 20 heavy (non-hydrogen) atoms. The molecule has 0 aliphatic carbocycles. The Labute approximate surface area is 122 Å². The molecule has 0 saturated heterocycles. The van der Waals surface area contributed by atoms with Gasteiger partial charge in [-0.1, -0.05) is 18.6 Å². The summed E-state index contributed by atoms with van der Waals surface area (Å²) in [5, 5.41) is 1.83. The van der Waals surface area contributed by atoms with E-state index in [0.29, 0.717) is 16.9 Å². The molecule has 1 aromatic heterocycles. The summed E-state index contributed by atoms with van der Waals surface area (Å²) in [6, 6.07) is 5.76. The number of hydrogen-bond acceptors (Lipinski definition) is 3. The minimum absolute atomic E-state index is 0.0772. The molecule has 2 aromatic rings. The van der Waals surface area contributed by atoms with E-state index in [2.05, 4.69) is 0 Å². The lowest BCUT2D eigenvalue weighted by atomic mass is 9.90. The van der Waals surface area contributed by atoms with E-state index in [1.165, 1.54) is 11.3 Å². The zero-order valence-electron chi connectivity index (χ0n) is 11.8. The smallest absolute Gasteiger partial charge is 0.259 e. The number of ketones is 1. The van der Waals surface area contributed by atoms with Gasteiger partial charge in [-0.05, 0) is 42.5 Å². The molecule has 0 atom stereocenters. The molecule has 4 heteroatoms. The molecular weight excluding hydrogens is 270 g/mol. The topological polar surface area (TPSA) is 60.2 Å². The van der Waals surface area contributed by atoms with Crippen molar-refractivity contribution < 1.29 is 9.59 Å². The molecule has 0 saturated carbocycles. The maximum atomic E-state index is 12.2. The summed E-state index contributed by atoms with van der Waals surface area (Å²) in [7, 11) is 0. The van der Waals surface area contributed by atoms with Crippen molar-refractivity contribution in [3.05, 3.63) is 45.1 Å². The van der Waals surface area contributed by atoms with Gasteiger partial charge in [-0.3, -0.25) is 9.59 Å². The molecule has 1 aromatic carbocycles. The van der Waals surface area contributed by atoms with Gasteiger partial charge in [-0.2, -0.15) is 0 Å². The van der Waals surface area contributed by atoms with E-state index in [1.807, 2.05) is 44.4 Å². The summed E-state index contributed by atoms with van der Waals surface area (Å²) < 4.78 is 0. The minimum Gasteiger partial charge on any atom is -0.365 e. The molecule has 1 amide bonds. The van der Waals surface area contributed by atoms with Crippen LogP contribution >= 0.6 is 11.3 Å². The number of benzene rings is 1. The van der Waals surface area contributed by atoms with Crippen LogP contribution < -0.4 is 5.73 Å². The largest absolute Gasteiger partial charge is 0.365 e. The number of rotatable bonds is 4. The number of Topliss-reactive ketones (excluding diaryl/α,β-unsaturated/α-hetero) is 1. The summed E-state index contributed by atoms with van der Waals surface area (Å²) in [5.41, 5.74) is 9.71. The lowest BCUT2D eigenvalue weighted by molar-refractivity contribution is 0.0984. The van der Waals surface area contributed by atoms with Gasteiger partial charge >= 0.3 is 0 Å². The average Bonchev–Trinajstić information content (AvgIpc) is 2.85. The fourth-order valence-electron chi connectivity index (χ4n) is 2.43. The number of thiophene rings is 1. The second-order valence-electron chi connectivity index (χ2n) is 4.81. The van der Waals surface area contributed by atoms with Gasteiger partial charge in [0.1, 0.15) is 0 Å². The number of carbonyl (C=O) groups is 2. The van der Waals surface area contributed by atoms with Crippen molar-refractivity contribution in [3.63, 3.8) is 0 Å². The first-order valence-corrected chi connectivity index (χ1v) is 7.35. The first-order chi connectivity index (χ1) is 9.45. The van der Waals surface area contributed by atoms with Crippen molar-refractivity contribution in [2.75, 3.05) is 0 Å². The number of aryl methyl sites for hydroxylation is 2. The zero-order valence-corrected chi connectivity index (χ0v) is 12.6. The van der Waals surface area contributed by atoms with E-state index in [9.17, 15) is 9.59 Å². The third kappa shape index (κ3) is 2.51. The van der Waals surface area contributed by atoms with E-state index in [0.717, 1.165) is 22.3 Å². The standard InChI is InChI=1S/C16H17NO2S/c1-4-13(18)12-8-9(2)7-10(3)14(12)11-5-6-20-15(11)16(17)19/h5-8H,4H2,1-3H3,(H2,17,19). The molecule has 0 spiro atoms. The summed E-state index contributed by atoms with van der Waals surface area (Å²) >= 11 is 1.31. The lowest BCUT2D eigenvalue weighted by Gasteiger charge is -2.13. The van der Waals surface area contributed by atoms with E-state index in [-0.39, 0.29) is 5.78 Å². The van der Waals surface area contributed by atoms with Crippen molar-refractivity contribution in [1.29, 1.82) is 0 Å². The van der Waals surface area contributed by atoms with Crippen LogP contribution in [0.3, 0.4) is 0 Å². The van der Waals surface area contributed by atoms with Crippen LogP contribution in [0.1, 0.15) is 44.5 Å². The molecule has 1 heterocycles. The van der Waals surface area contributed by atoms with Crippen molar-refractivity contribution in [2.24, 2.45) is 5.73 Å². The highest BCUT2D eigenvalue weighted by Crippen LogP contribution is 2.34. The number of carbonyl (C=O) groups excluding carboxylic acids is 2. The Morgan fingerprint density at radius 3 is 2.55 bits per heavy atom. The monoisotopic (exact) mass is 287 g/mol. The first kappa shape index (κ1) is 14.5. The highest BCUT2D eigenvalue weighted by Gasteiger charge is 2.19. The summed E-state index contributed by atoms with van der Waals surface area (Å²) in [6.45, 7) is 5.76. The summed E-state index contributed by atoms with van der Waals surface area (Å²) in [6.07, 6.45) is 0.436. The highest BCUT2D eigenvalue weighted by atomic mass is 32.1. The Hall–Kier alpha value is -1.94. The van der Waals surface area contributed by atoms with Gasteiger partial charge < -0.3 is 5.73 Å². The Kier molecular flexibility index (Phi) is 4.04.